The van der Waals surface area contributed by atoms with Crippen molar-refractivity contribution in [2.45, 2.75) is 52.1 Å². The van der Waals surface area contributed by atoms with E-state index in [9.17, 15) is 9.18 Å². The van der Waals surface area contributed by atoms with Crippen LogP contribution in [0.15, 0.2) is 48.5 Å². The molecule has 0 spiro atoms. The standard InChI is InChI=1S/C22H26FN3O/c1-4-5-8-15-26-19-10-7-6-9-18(19)20(25-26)21(27)24-22(2,3)16-11-13-17(23)14-12-16/h6-7,9-14H,4-5,8,15H2,1-3H3,(H,24,27). The van der Waals surface area contributed by atoms with Crippen LogP contribution in [0, 0.1) is 5.82 Å². The molecule has 3 aromatic rings. The van der Waals surface area contributed by atoms with E-state index in [0.717, 1.165) is 42.3 Å². The van der Waals surface area contributed by atoms with Gasteiger partial charge in [-0.25, -0.2) is 4.39 Å². The number of halogens is 1. The van der Waals surface area contributed by atoms with Crippen molar-refractivity contribution in [3.05, 3.63) is 65.6 Å². The first-order valence-electron chi connectivity index (χ1n) is 9.46. The average Bonchev–Trinajstić information content (AvgIpc) is 3.01. The second-order valence-corrected chi connectivity index (χ2v) is 7.38. The molecule has 0 radical (unpaired) electrons. The Hall–Kier alpha value is -2.69. The number of nitrogens with zero attached hydrogens (tertiary/aromatic N) is 2. The summed E-state index contributed by atoms with van der Waals surface area (Å²) < 4.78 is 15.1. The number of aryl methyl sites for hydroxylation is 1. The summed E-state index contributed by atoms with van der Waals surface area (Å²) in [6, 6.07) is 14.0. The predicted molar refractivity (Wildman–Crippen MR) is 106 cm³/mol. The zero-order valence-electron chi connectivity index (χ0n) is 16.1. The van der Waals surface area contributed by atoms with Crippen LogP contribution in [0.5, 0.6) is 0 Å². The van der Waals surface area contributed by atoms with Crippen molar-refractivity contribution in [1.82, 2.24) is 15.1 Å². The third-order valence-corrected chi connectivity index (χ3v) is 4.84. The minimum absolute atomic E-state index is 0.227. The molecule has 0 unspecified atom stereocenters. The lowest BCUT2D eigenvalue weighted by molar-refractivity contribution is 0.0907. The van der Waals surface area contributed by atoms with E-state index in [0.29, 0.717) is 5.69 Å². The first kappa shape index (κ1) is 19.1. The first-order chi connectivity index (χ1) is 12.9. The van der Waals surface area contributed by atoms with Crippen molar-refractivity contribution >= 4 is 16.8 Å². The molecule has 1 heterocycles. The van der Waals surface area contributed by atoms with Gasteiger partial charge in [0.15, 0.2) is 5.69 Å². The molecule has 27 heavy (non-hydrogen) atoms. The topological polar surface area (TPSA) is 46.9 Å². The minimum Gasteiger partial charge on any atom is -0.342 e. The third-order valence-electron chi connectivity index (χ3n) is 4.84. The SMILES string of the molecule is CCCCCn1nc(C(=O)NC(C)(C)c2ccc(F)cc2)c2ccccc21. The minimum atomic E-state index is -0.641. The lowest BCUT2D eigenvalue weighted by atomic mass is 9.94. The Morgan fingerprint density at radius 3 is 2.52 bits per heavy atom. The van der Waals surface area contributed by atoms with E-state index in [1.165, 1.54) is 12.1 Å². The molecule has 0 atom stereocenters. The summed E-state index contributed by atoms with van der Waals surface area (Å²) in [6.07, 6.45) is 3.30. The van der Waals surface area contributed by atoms with Crippen LogP contribution in [0.2, 0.25) is 0 Å². The van der Waals surface area contributed by atoms with E-state index in [2.05, 4.69) is 17.3 Å². The Labute approximate surface area is 159 Å². The highest BCUT2D eigenvalue weighted by atomic mass is 19.1. The van der Waals surface area contributed by atoms with Crippen LogP contribution in [-0.4, -0.2) is 15.7 Å². The quantitative estimate of drug-likeness (QED) is 0.595. The average molecular weight is 367 g/mol. The van der Waals surface area contributed by atoms with Gasteiger partial charge in [0.25, 0.3) is 5.91 Å². The number of carbonyl (C=O) groups is 1. The van der Waals surface area contributed by atoms with Crippen LogP contribution in [-0.2, 0) is 12.1 Å². The zero-order chi connectivity index (χ0) is 19.4. The van der Waals surface area contributed by atoms with Crippen LogP contribution in [0.1, 0.15) is 56.1 Å². The lowest BCUT2D eigenvalue weighted by Crippen LogP contribution is -2.41. The van der Waals surface area contributed by atoms with Gasteiger partial charge in [-0.3, -0.25) is 9.48 Å². The first-order valence-corrected chi connectivity index (χ1v) is 9.46. The van der Waals surface area contributed by atoms with Gasteiger partial charge in [-0.2, -0.15) is 5.10 Å². The van der Waals surface area contributed by atoms with Crippen molar-refractivity contribution in [3.63, 3.8) is 0 Å². The fraction of sp³-hybridized carbons (Fsp3) is 0.364. The summed E-state index contributed by atoms with van der Waals surface area (Å²) >= 11 is 0. The molecule has 0 aliphatic heterocycles. The molecule has 1 aromatic heterocycles. The molecular formula is C22H26FN3O. The Bertz CT molecular complexity index is 928. The number of benzene rings is 2. The van der Waals surface area contributed by atoms with E-state index in [-0.39, 0.29) is 11.7 Å². The molecule has 0 aliphatic carbocycles. The lowest BCUT2D eigenvalue weighted by Gasteiger charge is -2.26. The maximum atomic E-state index is 13.2. The summed E-state index contributed by atoms with van der Waals surface area (Å²) in [7, 11) is 0. The Kier molecular flexibility index (Phi) is 5.59. The van der Waals surface area contributed by atoms with Gasteiger partial charge in [0.1, 0.15) is 5.82 Å². The second-order valence-electron chi connectivity index (χ2n) is 7.38. The van der Waals surface area contributed by atoms with Crippen LogP contribution in [0.4, 0.5) is 4.39 Å². The summed E-state index contributed by atoms with van der Waals surface area (Å²) in [4.78, 5) is 13.0. The summed E-state index contributed by atoms with van der Waals surface area (Å²) in [6.45, 7) is 6.76. The van der Waals surface area contributed by atoms with Crippen molar-refractivity contribution in [2.24, 2.45) is 0 Å². The van der Waals surface area contributed by atoms with Crippen molar-refractivity contribution in [1.29, 1.82) is 0 Å². The van der Waals surface area contributed by atoms with Gasteiger partial charge in [-0.15, -0.1) is 0 Å². The monoisotopic (exact) mass is 367 g/mol. The smallest absolute Gasteiger partial charge is 0.273 e. The van der Waals surface area contributed by atoms with E-state index < -0.39 is 5.54 Å². The van der Waals surface area contributed by atoms with Crippen LogP contribution < -0.4 is 5.32 Å². The predicted octanol–water partition coefficient (Wildman–Crippen LogP) is 5.03. The Balaban J connectivity index is 1.87. The molecule has 3 rings (SSSR count). The molecule has 5 heteroatoms. The number of rotatable bonds is 7. The molecule has 4 nitrogen and oxygen atoms in total. The van der Waals surface area contributed by atoms with E-state index >= 15 is 0 Å². The maximum absolute atomic E-state index is 13.2. The maximum Gasteiger partial charge on any atom is 0.273 e. The number of para-hydroxylation sites is 1. The van der Waals surface area contributed by atoms with Gasteiger partial charge >= 0.3 is 0 Å². The normalized spacial score (nSPS) is 11.7. The van der Waals surface area contributed by atoms with Gasteiger partial charge in [-0.05, 0) is 44.0 Å². The highest BCUT2D eigenvalue weighted by Gasteiger charge is 2.26. The number of fused-ring (bicyclic) bond motifs is 1. The van der Waals surface area contributed by atoms with E-state index in [4.69, 9.17) is 0 Å². The molecular weight excluding hydrogens is 341 g/mol. The molecule has 0 saturated heterocycles. The fourth-order valence-corrected chi connectivity index (χ4v) is 3.26. The van der Waals surface area contributed by atoms with Crippen molar-refractivity contribution in [3.8, 4) is 0 Å². The molecule has 1 N–H and O–H groups in total. The number of carbonyl (C=O) groups excluding carboxylic acids is 1. The summed E-state index contributed by atoms with van der Waals surface area (Å²) in [5.74, 6) is -0.521. The molecule has 0 aliphatic rings. The van der Waals surface area contributed by atoms with Crippen LogP contribution >= 0.6 is 0 Å². The largest absolute Gasteiger partial charge is 0.342 e. The number of amides is 1. The number of hydrogen-bond donors (Lipinski definition) is 1. The summed E-state index contributed by atoms with van der Waals surface area (Å²) in [5, 5.41) is 8.49. The molecule has 0 fully saturated rings. The third kappa shape index (κ3) is 4.18. The Morgan fingerprint density at radius 2 is 1.81 bits per heavy atom. The molecule has 1 amide bonds. The highest BCUT2D eigenvalue weighted by molar-refractivity contribution is 6.05. The van der Waals surface area contributed by atoms with Gasteiger partial charge in [-0.1, -0.05) is 50.1 Å². The molecule has 0 saturated carbocycles. The molecule has 0 bridgehead atoms. The highest BCUT2D eigenvalue weighted by Crippen LogP contribution is 2.23. The number of hydrogen-bond acceptors (Lipinski definition) is 2. The van der Waals surface area contributed by atoms with E-state index in [1.54, 1.807) is 12.1 Å². The molecule has 142 valence electrons. The van der Waals surface area contributed by atoms with E-state index in [1.807, 2.05) is 42.8 Å². The number of nitrogens with one attached hydrogen (secondary N) is 1. The van der Waals surface area contributed by atoms with Gasteiger partial charge in [0, 0.05) is 11.9 Å². The van der Waals surface area contributed by atoms with Crippen molar-refractivity contribution in [2.75, 3.05) is 0 Å². The van der Waals surface area contributed by atoms with Crippen molar-refractivity contribution < 1.29 is 9.18 Å². The Morgan fingerprint density at radius 1 is 1.11 bits per heavy atom. The van der Waals surface area contributed by atoms with Crippen LogP contribution in [0.3, 0.4) is 0 Å². The zero-order valence-corrected chi connectivity index (χ0v) is 16.1. The summed E-state index contributed by atoms with van der Waals surface area (Å²) in [5.41, 5.74) is 1.59. The van der Waals surface area contributed by atoms with Gasteiger partial charge in [0.2, 0.25) is 0 Å². The second kappa shape index (κ2) is 7.91. The number of unbranched alkanes of at least 4 members (excludes halogenated alkanes) is 2. The number of aromatic nitrogens is 2. The molecule has 2 aromatic carbocycles. The fourth-order valence-electron chi connectivity index (χ4n) is 3.26. The van der Waals surface area contributed by atoms with Crippen LogP contribution in [0.25, 0.3) is 10.9 Å². The van der Waals surface area contributed by atoms with Gasteiger partial charge in [0.05, 0.1) is 11.1 Å². The van der Waals surface area contributed by atoms with Gasteiger partial charge < -0.3 is 5.32 Å².